The van der Waals surface area contributed by atoms with Crippen LogP contribution in [-0.2, 0) is 0 Å². The highest BCUT2D eigenvalue weighted by atomic mass is 14.4. The summed E-state index contributed by atoms with van der Waals surface area (Å²) < 4.78 is 0. The zero-order valence-electron chi connectivity index (χ0n) is 9.65. The largest absolute Gasteiger partial charge is 0.0648 e. The standard InChI is InChI=1S/C14H24/c1-2-14(11-7-4-8-12-14)13-9-5-3-6-10-13/h13H,2-11H2,1H3. The fourth-order valence-electron chi connectivity index (χ4n) is 3.59. The van der Waals surface area contributed by atoms with Crippen LogP contribution in [0.4, 0.5) is 0 Å². The summed E-state index contributed by atoms with van der Waals surface area (Å²) in [6, 6.07) is 0. The van der Waals surface area contributed by atoms with Crippen LogP contribution >= 0.6 is 0 Å². The molecule has 2 rings (SSSR count). The van der Waals surface area contributed by atoms with Crippen LogP contribution in [0.3, 0.4) is 0 Å². The summed E-state index contributed by atoms with van der Waals surface area (Å²) in [5, 5.41) is 0. The zero-order valence-corrected chi connectivity index (χ0v) is 9.65. The first-order valence-electron chi connectivity index (χ1n) is 6.62. The van der Waals surface area contributed by atoms with Gasteiger partial charge >= 0.3 is 0 Å². The molecule has 0 amide bonds. The Bertz CT molecular complexity index is 159. The summed E-state index contributed by atoms with van der Waals surface area (Å²) in [6.07, 6.45) is 18.2. The molecule has 1 unspecified atom stereocenters. The van der Waals surface area contributed by atoms with Crippen molar-refractivity contribution in [3.63, 3.8) is 0 Å². The first-order valence-corrected chi connectivity index (χ1v) is 6.62. The minimum absolute atomic E-state index is 0.540. The second-order valence-corrected chi connectivity index (χ2v) is 5.23. The first kappa shape index (κ1) is 10.5. The lowest BCUT2D eigenvalue weighted by molar-refractivity contribution is 0.111. The van der Waals surface area contributed by atoms with Gasteiger partial charge in [-0.1, -0.05) is 39.0 Å². The molecule has 0 nitrogen and oxygen atoms in total. The van der Waals surface area contributed by atoms with Crippen molar-refractivity contribution in [3.05, 3.63) is 6.42 Å². The third-order valence-electron chi connectivity index (χ3n) is 4.54. The van der Waals surface area contributed by atoms with Gasteiger partial charge in [-0.25, -0.2) is 0 Å². The average Bonchev–Trinajstić information content (AvgIpc) is 2.31. The molecule has 2 aliphatic carbocycles. The van der Waals surface area contributed by atoms with E-state index < -0.39 is 0 Å². The van der Waals surface area contributed by atoms with Crippen LogP contribution in [0.5, 0.6) is 0 Å². The predicted molar refractivity (Wildman–Crippen MR) is 61.0 cm³/mol. The first-order chi connectivity index (χ1) is 6.87. The molecular weight excluding hydrogens is 168 g/mol. The Balaban J connectivity index is 2.01. The number of hydrogen-bond acceptors (Lipinski definition) is 0. The van der Waals surface area contributed by atoms with Gasteiger partial charge in [0, 0.05) is 0 Å². The molecule has 14 heavy (non-hydrogen) atoms. The summed E-state index contributed by atoms with van der Waals surface area (Å²) in [5.74, 6) is 0.988. The quantitative estimate of drug-likeness (QED) is 0.599. The van der Waals surface area contributed by atoms with Gasteiger partial charge in [-0.2, -0.15) is 0 Å². The van der Waals surface area contributed by atoms with E-state index in [0.29, 0.717) is 5.41 Å². The Morgan fingerprint density at radius 1 is 1.07 bits per heavy atom. The predicted octanol–water partition coefficient (Wildman–Crippen LogP) is 4.62. The van der Waals surface area contributed by atoms with Crippen LogP contribution in [-0.4, -0.2) is 0 Å². The third-order valence-corrected chi connectivity index (χ3v) is 4.54. The monoisotopic (exact) mass is 192 g/mol. The molecule has 2 fully saturated rings. The van der Waals surface area contributed by atoms with E-state index in [1.165, 1.54) is 64.2 Å². The van der Waals surface area contributed by atoms with E-state index in [1.54, 1.807) is 0 Å². The van der Waals surface area contributed by atoms with E-state index >= 15 is 0 Å². The highest BCUT2D eigenvalue weighted by Gasteiger charge is 2.38. The Labute approximate surface area is 89.5 Å². The van der Waals surface area contributed by atoms with Crippen LogP contribution in [0.2, 0.25) is 0 Å². The molecule has 2 radical (unpaired) electrons. The fraction of sp³-hybridized carbons (Fsp3) is 0.929. The van der Waals surface area contributed by atoms with Gasteiger partial charge in [0.05, 0.1) is 0 Å². The summed E-state index contributed by atoms with van der Waals surface area (Å²) >= 11 is 0. The maximum absolute atomic E-state index is 3.85. The van der Waals surface area contributed by atoms with Crippen LogP contribution < -0.4 is 0 Å². The molecule has 0 bridgehead atoms. The van der Waals surface area contributed by atoms with Gasteiger partial charge in [-0.15, -0.1) is 0 Å². The third kappa shape index (κ3) is 1.99. The molecule has 0 saturated heterocycles. The van der Waals surface area contributed by atoms with E-state index in [2.05, 4.69) is 13.3 Å². The molecule has 0 aromatic rings. The van der Waals surface area contributed by atoms with Gasteiger partial charge < -0.3 is 0 Å². The van der Waals surface area contributed by atoms with Crippen molar-refractivity contribution in [1.29, 1.82) is 0 Å². The van der Waals surface area contributed by atoms with Gasteiger partial charge in [0.15, 0.2) is 0 Å². The smallest absolute Gasteiger partial charge is 0.0103 e. The van der Waals surface area contributed by atoms with E-state index in [4.69, 9.17) is 0 Å². The van der Waals surface area contributed by atoms with E-state index in [0.717, 1.165) is 5.92 Å². The molecule has 0 heteroatoms. The Morgan fingerprint density at radius 3 is 2.43 bits per heavy atom. The van der Waals surface area contributed by atoms with Crippen molar-refractivity contribution in [2.75, 3.05) is 0 Å². The molecule has 0 aliphatic heterocycles. The Morgan fingerprint density at radius 2 is 1.86 bits per heavy atom. The van der Waals surface area contributed by atoms with Crippen molar-refractivity contribution in [2.24, 2.45) is 11.3 Å². The van der Waals surface area contributed by atoms with Crippen LogP contribution in [0.15, 0.2) is 0 Å². The van der Waals surface area contributed by atoms with Gasteiger partial charge in [-0.05, 0) is 49.9 Å². The van der Waals surface area contributed by atoms with Crippen LogP contribution in [0, 0.1) is 17.8 Å². The highest BCUT2D eigenvalue weighted by Crippen LogP contribution is 2.49. The number of rotatable bonds is 2. The molecule has 1 atom stereocenters. The van der Waals surface area contributed by atoms with Crippen molar-refractivity contribution in [3.8, 4) is 0 Å². The van der Waals surface area contributed by atoms with Gasteiger partial charge in [0.25, 0.3) is 0 Å². The van der Waals surface area contributed by atoms with Crippen LogP contribution in [0.1, 0.15) is 71.1 Å². The molecule has 0 aromatic heterocycles. The second kappa shape index (κ2) is 4.68. The molecule has 80 valence electrons. The molecule has 0 N–H and O–H groups in total. The van der Waals surface area contributed by atoms with Crippen molar-refractivity contribution in [1.82, 2.24) is 0 Å². The molecule has 2 saturated carbocycles. The fourth-order valence-corrected chi connectivity index (χ4v) is 3.59. The van der Waals surface area contributed by atoms with Gasteiger partial charge in [-0.3, -0.25) is 0 Å². The van der Waals surface area contributed by atoms with E-state index in [1.807, 2.05) is 0 Å². The van der Waals surface area contributed by atoms with Crippen molar-refractivity contribution < 1.29 is 0 Å². The van der Waals surface area contributed by atoms with Gasteiger partial charge in [0.1, 0.15) is 0 Å². The highest BCUT2D eigenvalue weighted by molar-refractivity contribution is 4.99. The summed E-state index contributed by atoms with van der Waals surface area (Å²) in [7, 11) is 0. The average molecular weight is 192 g/mol. The lowest BCUT2D eigenvalue weighted by atomic mass is 9.60. The normalized spacial score (nSPS) is 28.9. The van der Waals surface area contributed by atoms with Crippen molar-refractivity contribution in [2.45, 2.75) is 71.1 Å². The SMILES string of the molecule is CCC1(C2CCCCC2)[C]CCCC1. The molecule has 2 aliphatic rings. The zero-order chi connectivity index (χ0) is 9.86. The van der Waals surface area contributed by atoms with E-state index in [-0.39, 0.29) is 0 Å². The lowest BCUT2D eigenvalue weighted by Gasteiger charge is -2.44. The molecule has 0 aromatic carbocycles. The summed E-state index contributed by atoms with van der Waals surface area (Å²) in [5.41, 5.74) is 0.540. The van der Waals surface area contributed by atoms with Crippen LogP contribution in [0.25, 0.3) is 0 Å². The van der Waals surface area contributed by atoms with Gasteiger partial charge in [0.2, 0.25) is 0 Å². The van der Waals surface area contributed by atoms with Crippen molar-refractivity contribution >= 4 is 0 Å². The maximum Gasteiger partial charge on any atom is -0.0103 e. The lowest BCUT2D eigenvalue weighted by Crippen LogP contribution is -2.34. The minimum atomic E-state index is 0.540. The molecule has 0 heterocycles. The summed E-state index contributed by atoms with van der Waals surface area (Å²) in [6.45, 7) is 2.38. The topological polar surface area (TPSA) is 0 Å². The number of hydrogen-bond donors (Lipinski definition) is 0. The Kier molecular flexibility index (Phi) is 3.52. The van der Waals surface area contributed by atoms with E-state index in [9.17, 15) is 0 Å². The molecular formula is C14H24. The maximum atomic E-state index is 3.85. The Hall–Kier alpha value is 0. The second-order valence-electron chi connectivity index (χ2n) is 5.23. The summed E-state index contributed by atoms with van der Waals surface area (Å²) in [4.78, 5) is 0. The minimum Gasteiger partial charge on any atom is -0.0648 e. The molecule has 0 spiro atoms.